The summed E-state index contributed by atoms with van der Waals surface area (Å²) in [6.45, 7) is 0.0466. The highest BCUT2D eigenvalue weighted by molar-refractivity contribution is 5.59. The van der Waals surface area contributed by atoms with E-state index in [4.69, 9.17) is 0 Å². The van der Waals surface area contributed by atoms with E-state index in [0.29, 0.717) is 11.1 Å². The van der Waals surface area contributed by atoms with Gasteiger partial charge in [0.05, 0.1) is 12.1 Å². The molecule has 10 heteroatoms. The highest BCUT2D eigenvalue weighted by Crippen LogP contribution is 2.20. The second-order valence-corrected chi connectivity index (χ2v) is 6.05. The molecule has 28 heavy (non-hydrogen) atoms. The lowest BCUT2D eigenvalue weighted by molar-refractivity contribution is 0.587. The number of rotatable bonds is 4. The van der Waals surface area contributed by atoms with Crippen LogP contribution in [0.5, 0.6) is 0 Å². The number of nitrogens with zero attached hydrogens (tertiary/aromatic N) is 6. The maximum absolute atomic E-state index is 14.1. The quantitative estimate of drug-likeness (QED) is 0.566. The Balaban J connectivity index is 1.90. The van der Waals surface area contributed by atoms with Gasteiger partial charge in [-0.25, -0.2) is 28.8 Å². The number of hydrogen-bond acceptors (Lipinski definition) is 6. The molecule has 0 bridgehead atoms. The summed E-state index contributed by atoms with van der Waals surface area (Å²) >= 11 is 0. The van der Waals surface area contributed by atoms with Crippen LogP contribution in [0.2, 0.25) is 0 Å². The molecule has 3 heterocycles. The first-order valence-electron chi connectivity index (χ1n) is 8.27. The molecule has 4 rings (SSSR count). The molecule has 0 spiro atoms. The third-order valence-electron chi connectivity index (χ3n) is 4.12. The second kappa shape index (κ2) is 6.99. The van der Waals surface area contributed by atoms with Crippen molar-refractivity contribution in [1.29, 1.82) is 0 Å². The van der Waals surface area contributed by atoms with E-state index in [1.54, 1.807) is 18.2 Å². The first-order valence-corrected chi connectivity index (χ1v) is 8.27. The summed E-state index contributed by atoms with van der Waals surface area (Å²) in [5.74, 6) is 0.0714. The lowest BCUT2D eigenvalue weighted by Gasteiger charge is -2.07. The van der Waals surface area contributed by atoms with Crippen molar-refractivity contribution < 1.29 is 4.39 Å². The van der Waals surface area contributed by atoms with E-state index in [1.807, 2.05) is 0 Å². The molecule has 9 nitrogen and oxygen atoms in total. The average molecular weight is 379 g/mol. The largest absolute Gasteiger partial charge is 0.328 e. The van der Waals surface area contributed by atoms with Gasteiger partial charge in [0.25, 0.3) is 5.56 Å². The minimum Gasteiger partial charge on any atom is -0.303 e. The molecular formula is C18H14FN7O2. The van der Waals surface area contributed by atoms with Crippen molar-refractivity contribution in [3.05, 3.63) is 81.4 Å². The average Bonchev–Trinajstić information content (AvgIpc) is 3.11. The maximum Gasteiger partial charge on any atom is 0.328 e. The fraction of sp³-hybridized carbons (Fsp3) is 0.111. The number of hydrogen-bond donors (Lipinski definition) is 1. The molecule has 0 aliphatic heterocycles. The molecule has 0 saturated heterocycles. The summed E-state index contributed by atoms with van der Waals surface area (Å²) in [7, 11) is 1.51. The van der Waals surface area contributed by atoms with Gasteiger partial charge in [-0.1, -0.05) is 18.2 Å². The molecule has 0 atom stereocenters. The lowest BCUT2D eigenvalue weighted by Crippen LogP contribution is -2.29. The number of H-pyrrole nitrogens is 1. The molecule has 4 aromatic rings. The third-order valence-corrected chi connectivity index (χ3v) is 4.12. The van der Waals surface area contributed by atoms with Crippen LogP contribution in [0.4, 0.5) is 4.39 Å². The van der Waals surface area contributed by atoms with Crippen LogP contribution in [0.15, 0.2) is 58.8 Å². The Morgan fingerprint density at radius 2 is 1.89 bits per heavy atom. The number of nitrogens with one attached hydrogen (secondary N) is 1. The van der Waals surface area contributed by atoms with Crippen LogP contribution in [-0.4, -0.2) is 34.3 Å². The Bertz CT molecular complexity index is 1260. The number of halogens is 1. The Kier molecular flexibility index (Phi) is 4.36. The summed E-state index contributed by atoms with van der Waals surface area (Å²) in [6.07, 6.45) is 5.81. The molecule has 140 valence electrons. The van der Waals surface area contributed by atoms with Gasteiger partial charge in [0, 0.05) is 31.2 Å². The number of aromatic amines is 1. The van der Waals surface area contributed by atoms with Crippen molar-refractivity contribution in [3.8, 4) is 22.8 Å². The van der Waals surface area contributed by atoms with E-state index >= 15 is 0 Å². The van der Waals surface area contributed by atoms with E-state index in [0.717, 1.165) is 0 Å². The van der Waals surface area contributed by atoms with Crippen molar-refractivity contribution in [1.82, 2.24) is 34.3 Å². The molecule has 1 aromatic carbocycles. The van der Waals surface area contributed by atoms with Gasteiger partial charge >= 0.3 is 5.69 Å². The van der Waals surface area contributed by atoms with Gasteiger partial charge < -0.3 is 4.57 Å². The molecule has 0 aliphatic carbocycles. The van der Waals surface area contributed by atoms with Gasteiger partial charge in [-0.15, -0.1) is 5.10 Å². The summed E-state index contributed by atoms with van der Waals surface area (Å²) in [5, 5.41) is 4.41. The lowest BCUT2D eigenvalue weighted by atomic mass is 10.2. The van der Waals surface area contributed by atoms with Crippen molar-refractivity contribution in [2.45, 2.75) is 6.54 Å². The molecule has 1 N–H and O–H groups in total. The van der Waals surface area contributed by atoms with E-state index in [9.17, 15) is 14.0 Å². The summed E-state index contributed by atoms with van der Waals surface area (Å²) in [5.41, 5.74) is -0.108. The van der Waals surface area contributed by atoms with E-state index < -0.39 is 17.1 Å². The maximum atomic E-state index is 14.1. The van der Waals surface area contributed by atoms with Crippen LogP contribution in [0.3, 0.4) is 0 Å². The van der Waals surface area contributed by atoms with Crippen molar-refractivity contribution in [2.24, 2.45) is 7.05 Å². The van der Waals surface area contributed by atoms with Crippen LogP contribution < -0.4 is 11.2 Å². The zero-order valence-electron chi connectivity index (χ0n) is 14.7. The van der Waals surface area contributed by atoms with Crippen molar-refractivity contribution >= 4 is 0 Å². The van der Waals surface area contributed by atoms with Gasteiger partial charge in [-0.05, 0) is 6.07 Å². The molecule has 3 aromatic heterocycles. The standard InChI is InChI=1S/C18H14FN7O2/c1-25-9-13(17(27)23-18(25)28)16-22-15(12-6-20-10-21-7-12)24-26(16)8-11-4-2-3-5-14(11)19/h2-7,9-10H,8H2,1H3,(H,23,27,28). The normalized spacial score (nSPS) is 10.9. The summed E-state index contributed by atoms with van der Waals surface area (Å²) in [4.78, 5) is 38.6. The van der Waals surface area contributed by atoms with Crippen LogP contribution in [0.25, 0.3) is 22.8 Å². The SMILES string of the molecule is Cn1cc(-c2nc(-c3cncnc3)nn2Cc2ccccc2F)c(=O)[nH]c1=O. The molecular weight excluding hydrogens is 365 g/mol. The van der Waals surface area contributed by atoms with Crippen molar-refractivity contribution in [3.63, 3.8) is 0 Å². The van der Waals surface area contributed by atoms with Gasteiger partial charge in [-0.2, -0.15) is 0 Å². The second-order valence-electron chi connectivity index (χ2n) is 6.05. The van der Waals surface area contributed by atoms with Gasteiger partial charge in [-0.3, -0.25) is 9.78 Å². The zero-order chi connectivity index (χ0) is 19.7. The fourth-order valence-electron chi connectivity index (χ4n) is 2.70. The summed E-state index contributed by atoms with van der Waals surface area (Å²) in [6, 6.07) is 6.26. The fourth-order valence-corrected chi connectivity index (χ4v) is 2.70. The van der Waals surface area contributed by atoms with Crippen LogP contribution >= 0.6 is 0 Å². The highest BCUT2D eigenvalue weighted by atomic mass is 19.1. The van der Waals surface area contributed by atoms with E-state index in [2.05, 4.69) is 25.0 Å². The molecule has 0 aliphatic rings. The first-order chi connectivity index (χ1) is 13.5. The number of aryl methyl sites for hydroxylation is 1. The molecule has 0 unspecified atom stereocenters. The summed E-state index contributed by atoms with van der Waals surface area (Å²) < 4.78 is 16.8. The molecule has 0 fully saturated rings. The topological polar surface area (TPSA) is 111 Å². The predicted molar refractivity (Wildman–Crippen MR) is 97.8 cm³/mol. The molecule has 0 radical (unpaired) electrons. The zero-order valence-corrected chi connectivity index (χ0v) is 14.7. The number of benzene rings is 1. The third kappa shape index (κ3) is 3.22. The van der Waals surface area contributed by atoms with E-state index in [1.165, 1.54) is 47.3 Å². The van der Waals surface area contributed by atoms with Gasteiger partial charge in [0.15, 0.2) is 11.6 Å². The van der Waals surface area contributed by atoms with Crippen LogP contribution in [0.1, 0.15) is 5.56 Å². The molecule has 0 saturated carbocycles. The minimum atomic E-state index is -0.610. The smallest absolute Gasteiger partial charge is 0.303 e. The van der Waals surface area contributed by atoms with Crippen molar-refractivity contribution in [2.75, 3.05) is 0 Å². The van der Waals surface area contributed by atoms with Crippen LogP contribution in [-0.2, 0) is 13.6 Å². The Morgan fingerprint density at radius 1 is 1.14 bits per heavy atom. The van der Waals surface area contributed by atoms with Gasteiger partial charge in [0.1, 0.15) is 17.7 Å². The first kappa shape index (κ1) is 17.5. The Morgan fingerprint density at radius 3 is 2.64 bits per heavy atom. The van der Waals surface area contributed by atoms with Gasteiger partial charge in [0.2, 0.25) is 0 Å². The monoisotopic (exact) mass is 379 g/mol. The highest BCUT2D eigenvalue weighted by Gasteiger charge is 2.18. The molecule has 0 amide bonds. The Hall–Kier alpha value is -3.95. The Labute approximate surface area is 157 Å². The predicted octanol–water partition coefficient (Wildman–Crippen LogP) is 0.976. The minimum absolute atomic E-state index is 0.0466. The van der Waals surface area contributed by atoms with E-state index in [-0.39, 0.29) is 23.8 Å². The van der Waals surface area contributed by atoms with Crippen LogP contribution in [0, 0.1) is 5.82 Å². The number of aromatic nitrogens is 7.